The zero-order valence-electron chi connectivity index (χ0n) is 21.9. The summed E-state index contributed by atoms with van der Waals surface area (Å²) >= 11 is 6.05. The van der Waals surface area contributed by atoms with E-state index in [-0.39, 0.29) is 18.4 Å². The van der Waals surface area contributed by atoms with Gasteiger partial charge in [-0.25, -0.2) is 0 Å². The fourth-order valence-corrected chi connectivity index (χ4v) is 6.00. The first-order valence-electron chi connectivity index (χ1n) is 12.7. The Balaban J connectivity index is 1.48. The van der Waals surface area contributed by atoms with Gasteiger partial charge in [0.05, 0.1) is 27.4 Å². The Bertz CT molecular complexity index is 1560. The summed E-state index contributed by atoms with van der Waals surface area (Å²) in [6.07, 6.45) is 0.419. The van der Waals surface area contributed by atoms with Crippen LogP contribution in [-0.2, 0) is 22.6 Å². The predicted octanol–water partition coefficient (Wildman–Crippen LogP) is 4.73. The van der Waals surface area contributed by atoms with E-state index in [2.05, 4.69) is 4.98 Å². The number of halogens is 1. The number of methoxy groups -OCH3 is 3. The lowest BCUT2D eigenvalue weighted by atomic mass is 9.86. The summed E-state index contributed by atoms with van der Waals surface area (Å²) in [4.78, 5) is 34.8. The quantitative estimate of drug-likeness (QED) is 0.379. The summed E-state index contributed by atoms with van der Waals surface area (Å²) in [5.74, 6) is 1.20. The number of fused-ring (bicyclic) bond motifs is 4. The Morgan fingerprint density at radius 2 is 1.64 bits per heavy atom. The molecule has 1 fully saturated rings. The molecule has 1 saturated heterocycles. The van der Waals surface area contributed by atoms with Crippen LogP contribution < -0.4 is 14.2 Å². The Labute approximate surface area is 231 Å². The number of nitrogens with one attached hydrogen (secondary N) is 1. The van der Waals surface area contributed by atoms with Crippen LogP contribution in [0.3, 0.4) is 0 Å². The van der Waals surface area contributed by atoms with Gasteiger partial charge >= 0.3 is 0 Å². The van der Waals surface area contributed by atoms with Gasteiger partial charge in [-0.05, 0) is 47.0 Å². The molecular weight excluding hydrogens is 518 g/mol. The number of aromatic nitrogens is 1. The van der Waals surface area contributed by atoms with Crippen LogP contribution in [0, 0.1) is 0 Å². The van der Waals surface area contributed by atoms with E-state index >= 15 is 0 Å². The van der Waals surface area contributed by atoms with Crippen molar-refractivity contribution in [1.29, 1.82) is 0 Å². The lowest BCUT2D eigenvalue weighted by Gasteiger charge is -2.47. The minimum absolute atomic E-state index is 0.0194. The van der Waals surface area contributed by atoms with E-state index in [1.165, 1.54) is 0 Å². The summed E-state index contributed by atoms with van der Waals surface area (Å²) in [6, 6.07) is 17.8. The van der Waals surface area contributed by atoms with Crippen molar-refractivity contribution in [2.75, 3.05) is 27.9 Å². The molecule has 4 aromatic rings. The number of hydrogen-bond acceptors (Lipinski definition) is 5. The summed E-state index contributed by atoms with van der Waals surface area (Å²) in [6.45, 7) is 0.316. The third kappa shape index (κ3) is 4.15. The highest BCUT2D eigenvalue weighted by Crippen LogP contribution is 2.47. The number of amides is 2. The van der Waals surface area contributed by atoms with Gasteiger partial charge in [0.1, 0.15) is 12.6 Å². The number of H-pyrrole nitrogens is 1. The SMILES string of the molecule is COc1cc(C2c3[nH]c4ccccc4c3C[C@@H]3C(=O)N(Cc4ccc(Cl)cc4)CC(=O)N23)cc(OC)c1OC. The van der Waals surface area contributed by atoms with Gasteiger partial charge in [0.25, 0.3) is 0 Å². The van der Waals surface area contributed by atoms with E-state index in [9.17, 15) is 9.59 Å². The molecule has 2 atom stereocenters. The number of carbonyl (C=O) groups is 2. The van der Waals surface area contributed by atoms with Crippen molar-refractivity contribution >= 4 is 34.3 Å². The van der Waals surface area contributed by atoms with Gasteiger partial charge in [-0.15, -0.1) is 0 Å². The van der Waals surface area contributed by atoms with Crippen LogP contribution in [0.5, 0.6) is 17.2 Å². The molecule has 3 heterocycles. The van der Waals surface area contributed by atoms with E-state index in [1.807, 2.05) is 48.5 Å². The molecule has 3 aromatic carbocycles. The first kappa shape index (κ1) is 25.1. The highest BCUT2D eigenvalue weighted by atomic mass is 35.5. The fraction of sp³-hybridized carbons (Fsp3) is 0.267. The molecule has 200 valence electrons. The van der Waals surface area contributed by atoms with Crippen molar-refractivity contribution in [2.24, 2.45) is 0 Å². The van der Waals surface area contributed by atoms with Crippen LogP contribution in [0.1, 0.15) is 28.4 Å². The van der Waals surface area contributed by atoms with Crippen LogP contribution >= 0.6 is 11.6 Å². The van der Waals surface area contributed by atoms with Crippen LogP contribution in [0.2, 0.25) is 5.02 Å². The zero-order chi connectivity index (χ0) is 27.3. The number of nitrogens with zero attached hydrogens (tertiary/aromatic N) is 2. The highest BCUT2D eigenvalue weighted by Gasteiger charge is 2.48. The van der Waals surface area contributed by atoms with Gasteiger partial charge in [0.2, 0.25) is 17.6 Å². The van der Waals surface area contributed by atoms with E-state index < -0.39 is 12.1 Å². The maximum atomic E-state index is 14.0. The van der Waals surface area contributed by atoms with E-state index in [0.717, 1.165) is 33.3 Å². The minimum atomic E-state index is -0.658. The van der Waals surface area contributed by atoms with Crippen molar-refractivity contribution in [3.63, 3.8) is 0 Å². The van der Waals surface area contributed by atoms with Gasteiger partial charge in [0, 0.05) is 34.6 Å². The monoisotopic (exact) mass is 545 g/mol. The molecule has 2 aliphatic rings. The fourth-order valence-electron chi connectivity index (χ4n) is 5.87. The summed E-state index contributed by atoms with van der Waals surface area (Å²) < 4.78 is 16.8. The van der Waals surface area contributed by atoms with Crippen molar-refractivity contribution < 1.29 is 23.8 Å². The summed E-state index contributed by atoms with van der Waals surface area (Å²) in [5.41, 5.74) is 4.54. The lowest BCUT2D eigenvalue weighted by molar-refractivity contribution is -0.159. The van der Waals surface area contributed by atoms with Gasteiger partial charge in [0.15, 0.2) is 11.5 Å². The first-order chi connectivity index (χ1) is 18.9. The maximum absolute atomic E-state index is 14.0. The van der Waals surface area contributed by atoms with Crippen LogP contribution in [0.15, 0.2) is 60.7 Å². The molecule has 0 spiro atoms. The van der Waals surface area contributed by atoms with Crippen molar-refractivity contribution in [2.45, 2.75) is 25.0 Å². The third-order valence-corrected chi connectivity index (χ3v) is 7.88. The normalized spacial score (nSPS) is 18.7. The van der Waals surface area contributed by atoms with E-state index in [4.69, 9.17) is 25.8 Å². The lowest BCUT2D eigenvalue weighted by Crippen LogP contribution is -2.62. The number of ether oxygens (including phenoxy) is 3. The molecule has 8 nitrogen and oxygen atoms in total. The highest BCUT2D eigenvalue weighted by molar-refractivity contribution is 6.30. The van der Waals surface area contributed by atoms with E-state index in [0.29, 0.717) is 35.2 Å². The molecule has 39 heavy (non-hydrogen) atoms. The van der Waals surface area contributed by atoms with Crippen molar-refractivity contribution in [3.8, 4) is 17.2 Å². The third-order valence-electron chi connectivity index (χ3n) is 7.63. The molecule has 1 N–H and O–H groups in total. The number of piperazine rings is 1. The average molecular weight is 546 g/mol. The number of benzene rings is 3. The van der Waals surface area contributed by atoms with E-state index in [1.54, 1.807) is 43.3 Å². The molecule has 1 aromatic heterocycles. The van der Waals surface area contributed by atoms with Crippen molar-refractivity contribution in [1.82, 2.24) is 14.8 Å². The maximum Gasteiger partial charge on any atom is 0.246 e. The van der Waals surface area contributed by atoms with Crippen LogP contribution in [-0.4, -0.2) is 60.5 Å². The number of para-hydroxylation sites is 1. The molecular formula is C30H28ClN3O5. The second-order valence-corrected chi connectivity index (χ2v) is 10.2. The number of aromatic amines is 1. The van der Waals surface area contributed by atoms with Gasteiger partial charge in [-0.2, -0.15) is 0 Å². The van der Waals surface area contributed by atoms with Gasteiger partial charge < -0.3 is 29.0 Å². The molecule has 0 bridgehead atoms. The Morgan fingerprint density at radius 3 is 2.31 bits per heavy atom. The van der Waals surface area contributed by atoms with Crippen molar-refractivity contribution in [3.05, 3.63) is 88.1 Å². The number of rotatable bonds is 6. The number of carbonyl (C=O) groups excluding carboxylic acids is 2. The molecule has 0 aliphatic carbocycles. The molecule has 2 amide bonds. The smallest absolute Gasteiger partial charge is 0.246 e. The minimum Gasteiger partial charge on any atom is -0.493 e. The second kappa shape index (κ2) is 9.85. The molecule has 2 aliphatic heterocycles. The van der Waals surface area contributed by atoms with Gasteiger partial charge in [-0.1, -0.05) is 41.9 Å². The first-order valence-corrected chi connectivity index (χ1v) is 13.0. The Morgan fingerprint density at radius 1 is 0.949 bits per heavy atom. The zero-order valence-corrected chi connectivity index (χ0v) is 22.6. The Kier molecular flexibility index (Phi) is 6.35. The van der Waals surface area contributed by atoms with Gasteiger partial charge in [-0.3, -0.25) is 9.59 Å². The molecule has 6 rings (SSSR count). The molecule has 1 unspecified atom stereocenters. The topological polar surface area (TPSA) is 84.1 Å². The summed E-state index contributed by atoms with van der Waals surface area (Å²) in [5, 5.41) is 1.66. The molecule has 0 radical (unpaired) electrons. The Hall–Kier alpha value is -4.17. The predicted molar refractivity (Wildman–Crippen MR) is 147 cm³/mol. The standard InChI is InChI=1S/C30H28ClN3O5/c1-37-24-12-18(13-25(38-2)29(24)39-3)28-27-21(20-6-4-5-7-22(20)32-27)14-23-30(36)33(16-26(35)34(23)28)15-17-8-10-19(31)11-9-17/h4-13,23,28,32H,14-16H2,1-3H3/t23-,28?/m1/s1. The van der Waals surface area contributed by atoms with Crippen LogP contribution in [0.25, 0.3) is 10.9 Å². The van der Waals surface area contributed by atoms with Crippen LogP contribution in [0.4, 0.5) is 0 Å². The number of hydrogen-bond donors (Lipinski definition) is 1. The summed E-state index contributed by atoms with van der Waals surface area (Å²) in [7, 11) is 4.67. The largest absolute Gasteiger partial charge is 0.493 e. The second-order valence-electron chi connectivity index (χ2n) is 9.77. The molecule has 9 heteroatoms. The molecule has 0 saturated carbocycles. The average Bonchev–Trinajstić information content (AvgIpc) is 3.33.